The van der Waals surface area contributed by atoms with Crippen LogP contribution in [0.3, 0.4) is 0 Å². The minimum absolute atomic E-state index is 0. The molecule has 0 saturated heterocycles. The van der Waals surface area contributed by atoms with Gasteiger partial charge in [0, 0.05) is 9.84 Å². The fraction of sp³-hybridized carbons (Fsp3) is 1.00. The topological polar surface area (TPSA) is 0 Å². The van der Waals surface area contributed by atoms with E-state index in [1.165, 1.54) is 25.7 Å². The summed E-state index contributed by atoms with van der Waals surface area (Å²) in [5.74, 6) is 6.15. The van der Waals surface area contributed by atoms with Crippen LogP contribution >= 0.6 is 0 Å². The molecule has 0 heterocycles. The van der Waals surface area contributed by atoms with Gasteiger partial charge in [0.1, 0.15) is 0 Å². The molecule has 0 amide bonds. The molecule has 8 unspecified atom stereocenters. The summed E-state index contributed by atoms with van der Waals surface area (Å²) < 4.78 is 0. The first-order valence-corrected chi connectivity index (χ1v) is 12.2. The lowest BCUT2D eigenvalue weighted by atomic mass is 9.44. The minimum atomic E-state index is 0. The van der Waals surface area contributed by atoms with Gasteiger partial charge in [0.25, 0.3) is 0 Å². The van der Waals surface area contributed by atoms with Crippen LogP contribution in [0.2, 0.25) is 0 Å². The Bertz CT molecular complexity index is 525. The summed E-state index contributed by atoms with van der Waals surface area (Å²) >= 11 is 0. The second-order valence-corrected chi connectivity index (χ2v) is 12.9. The third-order valence-corrected chi connectivity index (χ3v) is 10.3. The Labute approximate surface area is 181 Å². The molecule has 0 aliphatic heterocycles. The van der Waals surface area contributed by atoms with E-state index in [0.29, 0.717) is 16.2 Å². The fourth-order valence-corrected chi connectivity index (χ4v) is 9.38. The Hall–Kier alpha value is 0.0649. The standard InChI is InChI=1S/C26H46.CH4.B.H2/c1-18(17-24(2,3)4)21-12-13-22-20-11-10-19-9-7-8-15-25(19,5)23(20)14-16-26(21,22)6;;;/h18-23H,7-17H2,1-6H3;1H4;;1H/i;;;1+1. The zero-order valence-corrected chi connectivity index (χ0v) is 19.3. The molecule has 8 atom stereocenters. The highest BCUT2D eigenvalue weighted by Gasteiger charge is 2.60. The SMILES string of the molecule is C.CC(CC(C)(C)C)C1CCC2C3CCC4CCCCC4(C)C3CCC12C.[2HH].[B]. The molecule has 4 aliphatic rings. The summed E-state index contributed by atoms with van der Waals surface area (Å²) in [6, 6.07) is 0. The van der Waals surface area contributed by atoms with Crippen LogP contribution in [0.1, 0.15) is 121 Å². The molecule has 0 aromatic rings. The monoisotopic (exact) mass is 388 g/mol. The summed E-state index contributed by atoms with van der Waals surface area (Å²) in [6.45, 7) is 15.4. The molecule has 0 bridgehead atoms. The zero-order chi connectivity index (χ0) is 18.7. The molecule has 163 valence electrons. The van der Waals surface area contributed by atoms with Crippen LogP contribution in [0.25, 0.3) is 0 Å². The highest BCUT2D eigenvalue weighted by molar-refractivity contribution is 5.75. The molecule has 3 radical (unpaired) electrons. The summed E-state index contributed by atoms with van der Waals surface area (Å²) in [5.41, 5.74) is 1.85. The van der Waals surface area contributed by atoms with Crippen molar-refractivity contribution in [2.24, 2.45) is 51.8 Å². The molecule has 0 N–H and O–H groups in total. The highest BCUT2D eigenvalue weighted by atomic mass is 14.6. The largest absolute Gasteiger partial charge is 0.0776 e. The van der Waals surface area contributed by atoms with Crippen molar-refractivity contribution in [3.05, 3.63) is 0 Å². The molecule has 0 aromatic carbocycles. The van der Waals surface area contributed by atoms with Crippen LogP contribution in [0.5, 0.6) is 0 Å². The van der Waals surface area contributed by atoms with Gasteiger partial charge in [-0.15, -0.1) is 0 Å². The molecule has 4 rings (SSSR count). The fourth-order valence-electron chi connectivity index (χ4n) is 9.38. The Morgan fingerprint density at radius 3 is 2.21 bits per heavy atom. The van der Waals surface area contributed by atoms with Crippen molar-refractivity contribution in [2.75, 3.05) is 0 Å². The van der Waals surface area contributed by atoms with Crippen LogP contribution in [0, 0.1) is 51.8 Å². The smallest absolute Gasteiger partial charge is 0 e. The van der Waals surface area contributed by atoms with Gasteiger partial charge in [-0.3, -0.25) is 0 Å². The maximum absolute atomic E-state index is 2.74. The number of fused-ring (bicyclic) bond motifs is 5. The Morgan fingerprint density at radius 1 is 0.857 bits per heavy atom. The predicted molar refractivity (Wildman–Crippen MR) is 128 cm³/mol. The Balaban J connectivity index is 0.00000140. The Kier molecular flexibility index (Phi) is 7.21. The van der Waals surface area contributed by atoms with Crippen LogP contribution in [-0.4, -0.2) is 8.41 Å². The first kappa shape index (κ1) is 24.3. The van der Waals surface area contributed by atoms with Gasteiger partial charge in [-0.25, -0.2) is 0 Å². The maximum Gasteiger partial charge on any atom is 0 e. The number of hydrogen-bond donors (Lipinski definition) is 0. The van der Waals surface area contributed by atoms with Crippen molar-refractivity contribution in [3.63, 3.8) is 0 Å². The average Bonchev–Trinajstić information content (AvgIpc) is 2.90. The van der Waals surface area contributed by atoms with E-state index in [1.54, 1.807) is 44.9 Å². The van der Waals surface area contributed by atoms with Crippen LogP contribution in [0.4, 0.5) is 0 Å². The van der Waals surface area contributed by atoms with Gasteiger partial charge in [-0.1, -0.05) is 61.8 Å². The second-order valence-electron chi connectivity index (χ2n) is 12.9. The van der Waals surface area contributed by atoms with Gasteiger partial charge in [-0.2, -0.15) is 0 Å². The lowest BCUT2D eigenvalue weighted by molar-refractivity contribution is -0.115. The summed E-state index contributed by atoms with van der Waals surface area (Å²) in [5, 5.41) is 0. The van der Waals surface area contributed by atoms with Gasteiger partial charge < -0.3 is 0 Å². The molecular weight excluding hydrogens is 335 g/mol. The van der Waals surface area contributed by atoms with Crippen molar-refractivity contribution in [1.29, 1.82) is 0 Å². The molecular formula is C27H52B. The summed E-state index contributed by atoms with van der Waals surface area (Å²) in [4.78, 5) is 0. The van der Waals surface area contributed by atoms with E-state index in [1.807, 2.05) is 0 Å². The van der Waals surface area contributed by atoms with E-state index in [0.717, 1.165) is 35.5 Å². The number of hydrogen-bond acceptors (Lipinski definition) is 0. The molecule has 4 fully saturated rings. The molecule has 0 spiro atoms. The van der Waals surface area contributed by atoms with Gasteiger partial charge in [0.05, 0.1) is 0 Å². The highest BCUT2D eigenvalue weighted by Crippen LogP contribution is 2.68. The van der Waals surface area contributed by atoms with Gasteiger partial charge in [-0.05, 0) is 110 Å². The van der Waals surface area contributed by atoms with Crippen LogP contribution in [0.15, 0.2) is 0 Å². The molecule has 0 nitrogen and oxygen atoms in total. The van der Waals surface area contributed by atoms with Crippen molar-refractivity contribution in [3.8, 4) is 0 Å². The second kappa shape index (κ2) is 8.30. The van der Waals surface area contributed by atoms with E-state index < -0.39 is 0 Å². The number of rotatable bonds is 2. The molecule has 1 heteroatoms. The summed E-state index contributed by atoms with van der Waals surface area (Å²) in [7, 11) is 0. The lowest BCUT2D eigenvalue weighted by Gasteiger charge is -2.61. The van der Waals surface area contributed by atoms with Crippen LogP contribution in [-0.2, 0) is 0 Å². The van der Waals surface area contributed by atoms with Crippen molar-refractivity contribution in [2.45, 2.75) is 120 Å². The van der Waals surface area contributed by atoms with Crippen molar-refractivity contribution in [1.82, 2.24) is 0 Å². The van der Waals surface area contributed by atoms with E-state index in [4.69, 9.17) is 0 Å². The minimum Gasteiger partial charge on any atom is -0.0776 e. The van der Waals surface area contributed by atoms with E-state index in [9.17, 15) is 0 Å². The Morgan fingerprint density at radius 2 is 1.54 bits per heavy atom. The quantitative estimate of drug-likeness (QED) is 0.415. The molecule has 0 aromatic heterocycles. The van der Waals surface area contributed by atoms with Crippen molar-refractivity contribution < 1.29 is 1.43 Å². The van der Waals surface area contributed by atoms with E-state index in [2.05, 4.69) is 41.5 Å². The third kappa shape index (κ3) is 3.87. The lowest BCUT2D eigenvalue weighted by Crippen LogP contribution is -2.53. The van der Waals surface area contributed by atoms with Gasteiger partial charge in [0.15, 0.2) is 0 Å². The van der Waals surface area contributed by atoms with Crippen molar-refractivity contribution >= 4 is 8.41 Å². The first-order chi connectivity index (χ1) is 12.2. The average molecular weight is 389 g/mol. The van der Waals surface area contributed by atoms with Gasteiger partial charge in [0.2, 0.25) is 0 Å². The predicted octanol–water partition coefficient (Wildman–Crippen LogP) is 8.61. The summed E-state index contributed by atoms with van der Waals surface area (Å²) in [6.07, 6.45) is 16.9. The third-order valence-electron chi connectivity index (χ3n) is 10.3. The first-order valence-electron chi connectivity index (χ1n) is 12.2. The van der Waals surface area contributed by atoms with E-state index >= 15 is 0 Å². The van der Waals surface area contributed by atoms with Crippen LogP contribution < -0.4 is 0 Å². The molecule has 4 saturated carbocycles. The maximum atomic E-state index is 2.74. The molecule has 4 aliphatic carbocycles. The normalized spacial score (nSPS) is 46.3. The zero-order valence-electron chi connectivity index (χ0n) is 19.3. The van der Waals surface area contributed by atoms with E-state index in [-0.39, 0.29) is 17.3 Å². The molecule has 28 heavy (non-hydrogen) atoms. The van der Waals surface area contributed by atoms with Gasteiger partial charge >= 0.3 is 0 Å².